The van der Waals surface area contributed by atoms with E-state index in [4.69, 9.17) is 5.73 Å². The minimum Gasteiger partial charge on any atom is -0.398 e. The van der Waals surface area contributed by atoms with Crippen LogP contribution in [0.2, 0.25) is 0 Å². The van der Waals surface area contributed by atoms with E-state index in [1.165, 1.54) is 12.8 Å². The van der Waals surface area contributed by atoms with Crippen molar-refractivity contribution in [2.75, 3.05) is 12.3 Å². The van der Waals surface area contributed by atoms with Gasteiger partial charge in [-0.05, 0) is 37.0 Å². The molecule has 2 rings (SSSR count). The molecule has 1 saturated carbocycles. The third-order valence-electron chi connectivity index (χ3n) is 3.00. The van der Waals surface area contributed by atoms with Gasteiger partial charge in [-0.25, -0.2) is 13.1 Å². The standard InChI is InChI=1S/C12H18N2O2S/c1-9-2-5-12(11(13)8-9)17(15,16)14-7-6-10-3-4-10/h2,5,8,10,14H,3-4,6-7,13H2,1H3. The fraction of sp³-hybridized carbons (Fsp3) is 0.500. The van der Waals surface area contributed by atoms with Crippen LogP contribution in [0.25, 0.3) is 0 Å². The van der Waals surface area contributed by atoms with E-state index in [1.807, 2.05) is 6.92 Å². The molecule has 5 heteroatoms. The van der Waals surface area contributed by atoms with Crippen molar-refractivity contribution in [3.05, 3.63) is 23.8 Å². The van der Waals surface area contributed by atoms with Crippen LogP contribution >= 0.6 is 0 Å². The SMILES string of the molecule is Cc1ccc(S(=O)(=O)NCCC2CC2)c(N)c1. The van der Waals surface area contributed by atoms with Crippen molar-refractivity contribution in [3.63, 3.8) is 0 Å². The predicted octanol–water partition coefficient (Wildman–Crippen LogP) is 1.66. The van der Waals surface area contributed by atoms with Crippen molar-refractivity contribution in [2.45, 2.75) is 31.1 Å². The molecule has 0 spiro atoms. The zero-order chi connectivity index (χ0) is 12.5. The summed E-state index contributed by atoms with van der Waals surface area (Å²) in [6.45, 7) is 2.38. The Morgan fingerprint density at radius 2 is 2.12 bits per heavy atom. The van der Waals surface area contributed by atoms with Crippen LogP contribution in [-0.4, -0.2) is 15.0 Å². The Balaban J connectivity index is 2.07. The molecule has 1 aliphatic rings. The van der Waals surface area contributed by atoms with Gasteiger partial charge in [-0.15, -0.1) is 0 Å². The first-order valence-corrected chi connectivity index (χ1v) is 7.33. The Morgan fingerprint density at radius 1 is 1.41 bits per heavy atom. The average Bonchev–Trinajstić information content (AvgIpc) is 3.00. The second-order valence-electron chi connectivity index (χ2n) is 4.67. The largest absolute Gasteiger partial charge is 0.398 e. The van der Waals surface area contributed by atoms with Crippen LogP contribution in [-0.2, 0) is 10.0 Å². The summed E-state index contributed by atoms with van der Waals surface area (Å²) < 4.78 is 26.5. The molecule has 0 saturated heterocycles. The van der Waals surface area contributed by atoms with Crippen molar-refractivity contribution in [3.8, 4) is 0 Å². The van der Waals surface area contributed by atoms with E-state index in [-0.39, 0.29) is 4.90 Å². The Bertz CT molecular complexity index is 507. The number of hydrogen-bond acceptors (Lipinski definition) is 3. The molecule has 0 amide bonds. The fourth-order valence-electron chi connectivity index (χ4n) is 1.79. The molecule has 1 fully saturated rings. The van der Waals surface area contributed by atoms with Crippen LogP contribution in [0.3, 0.4) is 0 Å². The first-order valence-electron chi connectivity index (χ1n) is 5.85. The van der Waals surface area contributed by atoms with Gasteiger partial charge in [-0.2, -0.15) is 0 Å². The van der Waals surface area contributed by atoms with E-state index in [0.717, 1.165) is 12.0 Å². The molecule has 1 aliphatic carbocycles. The van der Waals surface area contributed by atoms with Crippen molar-refractivity contribution in [2.24, 2.45) is 5.92 Å². The minimum absolute atomic E-state index is 0.180. The number of nitrogen functional groups attached to an aromatic ring is 1. The van der Waals surface area contributed by atoms with Crippen molar-refractivity contribution < 1.29 is 8.42 Å². The van der Waals surface area contributed by atoms with Gasteiger partial charge in [-0.1, -0.05) is 18.9 Å². The summed E-state index contributed by atoms with van der Waals surface area (Å²) in [7, 11) is -3.45. The lowest BCUT2D eigenvalue weighted by molar-refractivity contribution is 0.575. The predicted molar refractivity (Wildman–Crippen MR) is 68.1 cm³/mol. The number of anilines is 1. The molecule has 0 unspecified atom stereocenters. The highest BCUT2D eigenvalue weighted by Crippen LogP contribution is 2.31. The van der Waals surface area contributed by atoms with Crippen molar-refractivity contribution in [1.29, 1.82) is 0 Å². The molecule has 94 valence electrons. The van der Waals surface area contributed by atoms with Gasteiger partial charge < -0.3 is 5.73 Å². The third-order valence-corrected chi connectivity index (χ3v) is 4.53. The monoisotopic (exact) mass is 254 g/mol. The van der Waals surface area contributed by atoms with Crippen LogP contribution in [0.5, 0.6) is 0 Å². The van der Waals surface area contributed by atoms with E-state index >= 15 is 0 Å². The van der Waals surface area contributed by atoms with Gasteiger partial charge in [-0.3, -0.25) is 0 Å². The molecule has 0 bridgehead atoms. The van der Waals surface area contributed by atoms with Gasteiger partial charge in [0.1, 0.15) is 4.90 Å². The number of hydrogen-bond donors (Lipinski definition) is 2. The number of sulfonamides is 1. The molecule has 4 nitrogen and oxygen atoms in total. The summed E-state index contributed by atoms with van der Waals surface area (Å²) in [6.07, 6.45) is 3.38. The Kier molecular flexibility index (Phi) is 3.40. The number of rotatable bonds is 5. The molecule has 1 aromatic carbocycles. The van der Waals surface area contributed by atoms with E-state index in [0.29, 0.717) is 18.2 Å². The Labute approximate surface area is 102 Å². The molecule has 17 heavy (non-hydrogen) atoms. The van der Waals surface area contributed by atoms with Crippen molar-refractivity contribution >= 4 is 15.7 Å². The molecule has 0 atom stereocenters. The van der Waals surface area contributed by atoms with Gasteiger partial charge >= 0.3 is 0 Å². The third kappa shape index (κ3) is 3.20. The summed E-state index contributed by atoms with van der Waals surface area (Å²) in [5.41, 5.74) is 7.00. The summed E-state index contributed by atoms with van der Waals surface area (Å²) in [5, 5.41) is 0. The van der Waals surface area contributed by atoms with Crippen LogP contribution < -0.4 is 10.5 Å². The summed E-state index contributed by atoms with van der Waals surface area (Å²) >= 11 is 0. The normalized spacial score (nSPS) is 16.1. The Hall–Kier alpha value is -1.07. The quantitative estimate of drug-likeness (QED) is 0.785. The first-order chi connectivity index (χ1) is 7.99. The number of nitrogens with two attached hydrogens (primary N) is 1. The maximum absolute atomic E-state index is 12.0. The molecular formula is C12H18N2O2S. The second-order valence-corrected chi connectivity index (χ2v) is 6.41. The lowest BCUT2D eigenvalue weighted by atomic mass is 10.2. The second kappa shape index (κ2) is 4.66. The average molecular weight is 254 g/mol. The van der Waals surface area contributed by atoms with Gasteiger partial charge in [0.15, 0.2) is 0 Å². The van der Waals surface area contributed by atoms with Crippen LogP contribution in [0.4, 0.5) is 5.69 Å². The topological polar surface area (TPSA) is 72.2 Å². The maximum Gasteiger partial charge on any atom is 0.242 e. The minimum atomic E-state index is -3.45. The van der Waals surface area contributed by atoms with Crippen LogP contribution in [0, 0.1) is 12.8 Å². The van der Waals surface area contributed by atoms with E-state index < -0.39 is 10.0 Å². The number of benzene rings is 1. The molecule has 0 heterocycles. The highest BCUT2D eigenvalue weighted by Gasteiger charge is 2.22. The first kappa shape index (κ1) is 12.4. The molecule has 0 aromatic heterocycles. The molecule has 3 N–H and O–H groups in total. The zero-order valence-corrected chi connectivity index (χ0v) is 10.8. The van der Waals surface area contributed by atoms with Gasteiger partial charge in [0.05, 0.1) is 5.69 Å². The van der Waals surface area contributed by atoms with Crippen LogP contribution in [0.15, 0.2) is 23.1 Å². The van der Waals surface area contributed by atoms with Gasteiger partial charge in [0, 0.05) is 6.54 Å². The molecular weight excluding hydrogens is 236 g/mol. The zero-order valence-electron chi connectivity index (χ0n) is 9.94. The summed E-state index contributed by atoms with van der Waals surface area (Å²) in [4.78, 5) is 0.180. The van der Waals surface area contributed by atoms with E-state index in [1.54, 1.807) is 18.2 Å². The summed E-state index contributed by atoms with van der Waals surface area (Å²) in [6, 6.07) is 4.99. The molecule has 0 aliphatic heterocycles. The highest BCUT2D eigenvalue weighted by molar-refractivity contribution is 7.89. The lowest BCUT2D eigenvalue weighted by Gasteiger charge is -2.09. The summed E-state index contributed by atoms with van der Waals surface area (Å²) in [5.74, 6) is 0.716. The lowest BCUT2D eigenvalue weighted by Crippen LogP contribution is -2.25. The van der Waals surface area contributed by atoms with Gasteiger partial charge in [0.25, 0.3) is 0 Å². The molecule has 1 aromatic rings. The van der Waals surface area contributed by atoms with Gasteiger partial charge in [0.2, 0.25) is 10.0 Å². The highest BCUT2D eigenvalue weighted by atomic mass is 32.2. The number of nitrogens with one attached hydrogen (secondary N) is 1. The van der Waals surface area contributed by atoms with E-state index in [9.17, 15) is 8.42 Å². The number of aryl methyl sites for hydroxylation is 1. The maximum atomic E-state index is 12.0. The van der Waals surface area contributed by atoms with Crippen molar-refractivity contribution in [1.82, 2.24) is 4.72 Å². The smallest absolute Gasteiger partial charge is 0.242 e. The molecule has 0 radical (unpaired) electrons. The Morgan fingerprint density at radius 3 is 2.71 bits per heavy atom. The van der Waals surface area contributed by atoms with E-state index in [2.05, 4.69) is 4.72 Å². The van der Waals surface area contributed by atoms with Crippen LogP contribution in [0.1, 0.15) is 24.8 Å². The fourth-order valence-corrected chi connectivity index (χ4v) is 2.95.